The van der Waals surface area contributed by atoms with Gasteiger partial charge in [-0.2, -0.15) is 5.10 Å². The minimum atomic E-state index is -0.305. The minimum absolute atomic E-state index is 0.101. The molecule has 3 aliphatic rings. The first-order chi connectivity index (χ1) is 12.7. The Bertz CT molecular complexity index is 928. The van der Waals surface area contributed by atoms with Crippen LogP contribution in [0, 0.1) is 0 Å². The van der Waals surface area contributed by atoms with Crippen LogP contribution in [0.3, 0.4) is 0 Å². The number of H-pyrrole nitrogens is 1. The van der Waals surface area contributed by atoms with Gasteiger partial charge in [-0.3, -0.25) is 14.6 Å². The fourth-order valence-corrected chi connectivity index (χ4v) is 3.15. The summed E-state index contributed by atoms with van der Waals surface area (Å²) in [4.78, 5) is 28.9. The van der Waals surface area contributed by atoms with Gasteiger partial charge < -0.3 is 14.6 Å². The molecular weight excluding hydrogens is 334 g/mol. The topological polar surface area (TPSA) is 102 Å². The third kappa shape index (κ3) is 3.36. The molecule has 1 atom stereocenters. The highest BCUT2D eigenvalue weighted by Crippen LogP contribution is 2.22. The van der Waals surface area contributed by atoms with Crippen LogP contribution >= 0.6 is 0 Å². The molecule has 1 saturated heterocycles. The molecule has 1 unspecified atom stereocenters. The molecule has 134 valence electrons. The smallest absolute Gasteiger partial charge is 0.275 e. The van der Waals surface area contributed by atoms with Gasteiger partial charge in [0.25, 0.3) is 11.5 Å². The number of aromatic nitrogens is 4. The molecule has 26 heavy (non-hydrogen) atoms. The predicted octanol–water partition coefficient (Wildman–Crippen LogP) is 1.18. The number of amides is 1. The number of nitrogens with zero attached hydrogens (tertiary/aromatic N) is 3. The Morgan fingerprint density at radius 2 is 2.31 bits per heavy atom. The second-order valence-electron chi connectivity index (χ2n) is 6.32. The van der Waals surface area contributed by atoms with Crippen molar-refractivity contribution in [2.45, 2.75) is 32.0 Å². The Labute approximate surface area is 149 Å². The van der Waals surface area contributed by atoms with Crippen LogP contribution in [0.1, 0.15) is 28.9 Å². The number of hydrogen-bond acceptors (Lipinski definition) is 5. The van der Waals surface area contributed by atoms with Crippen molar-refractivity contribution < 1.29 is 9.53 Å². The summed E-state index contributed by atoms with van der Waals surface area (Å²) in [6, 6.07) is 5.52. The molecule has 1 amide bonds. The number of carbonyl (C=O) groups excluding carboxylic acids is 1. The third-order valence-electron chi connectivity index (χ3n) is 4.45. The SMILES string of the molecule is O=C(NCc1ccccn1)c1cn(CC2CCCO2)cc2c(=O)[nH]nc1-2. The van der Waals surface area contributed by atoms with Gasteiger partial charge in [0.15, 0.2) is 0 Å². The minimum Gasteiger partial charge on any atom is -0.376 e. The van der Waals surface area contributed by atoms with Crippen LogP contribution in [0.4, 0.5) is 0 Å². The van der Waals surface area contributed by atoms with Crippen LogP contribution in [0.5, 0.6) is 0 Å². The van der Waals surface area contributed by atoms with E-state index in [4.69, 9.17) is 4.74 Å². The summed E-state index contributed by atoms with van der Waals surface area (Å²) in [6.07, 6.45) is 7.22. The lowest BCUT2D eigenvalue weighted by atomic mass is 10.1. The summed E-state index contributed by atoms with van der Waals surface area (Å²) in [6.45, 7) is 1.65. The number of ether oxygens (including phenoxy) is 1. The maximum absolute atomic E-state index is 12.7. The molecule has 8 heteroatoms. The van der Waals surface area contributed by atoms with Crippen molar-refractivity contribution in [1.82, 2.24) is 25.1 Å². The lowest BCUT2D eigenvalue weighted by Crippen LogP contribution is -2.26. The molecule has 1 aromatic rings. The summed E-state index contributed by atoms with van der Waals surface area (Å²) in [5, 5.41) is 9.27. The van der Waals surface area contributed by atoms with Crippen molar-refractivity contribution in [3.05, 3.63) is 58.4 Å². The van der Waals surface area contributed by atoms with Gasteiger partial charge in [-0.25, -0.2) is 5.10 Å². The molecule has 4 heterocycles. The Hall–Kier alpha value is -3.00. The van der Waals surface area contributed by atoms with Gasteiger partial charge in [-0.15, -0.1) is 0 Å². The number of nitrogens with one attached hydrogen (secondary N) is 2. The Morgan fingerprint density at radius 1 is 1.38 bits per heavy atom. The average molecular weight is 353 g/mol. The van der Waals surface area contributed by atoms with E-state index in [1.807, 2.05) is 22.8 Å². The van der Waals surface area contributed by atoms with Crippen molar-refractivity contribution in [3.63, 3.8) is 0 Å². The van der Waals surface area contributed by atoms with E-state index in [0.717, 1.165) is 25.1 Å². The van der Waals surface area contributed by atoms with Crippen molar-refractivity contribution in [2.24, 2.45) is 0 Å². The lowest BCUT2D eigenvalue weighted by Gasteiger charge is -2.16. The first-order valence-corrected chi connectivity index (χ1v) is 8.58. The van der Waals surface area contributed by atoms with Gasteiger partial charge in [-0.05, 0) is 25.0 Å². The maximum Gasteiger partial charge on any atom is 0.275 e. The van der Waals surface area contributed by atoms with E-state index in [2.05, 4.69) is 20.5 Å². The second kappa shape index (κ2) is 7.09. The molecule has 1 fully saturated rings. The Balaban J connectivity index is 1.59. The number of rotatable bonds is 5. The molecular formula is C18H19N5O3. The largest absolute Gasteiger partial charge is 0.376 e. The summed E-state index contributed by atoms with van der Waals surface area (Å²) < 4.78 is 7.49. The summed E-state index contributed by atoms with van der Waals surface area (Å²) in [5.41, 5.74) is 1.58. The highest BCUT2D eigenvalue weighted by atomic mass is 16.5. The maximum atomic E-state index is 12.7. The molecule has 0 spiro atoms. The van der Waals surface area contributed by atoms with Gasteiger partial charge in [0, 0.05) is 31.7 Å². The van der Waals surface area contributed by atoms with Crippen LogP contribution in [0.15, 0.2) is 41.6 Å². The standard InChI is InChI=1S/C18H19N5O3/c24-17(20-8-12-4-1-2-6-19-12)14-10-23(9-13-5-3-7-26-13)11-15-16(14)21-22-18(15)25/h1-2,4,6,10-11,13H,3,5,7-9H2,(H,20,24)(H,22,25). The van der Waals surface area contributed by atoms with E-state index in [0.29, 0.717) is 29.9 Å². The van der Waals surface area contributed by atoms with E-state index in [1.54, 1.807) is 18.6 Å². The molecule has 0 bridgehead atoms. The second-order valence-corrected chi connectivity index (χ2v) is 6.32. The predicted molar refractivity (Wildman–Crippen MR) is 93.9 cm³/mol. The highest BCUT2D eigenvalue weighted by Gasteiger charge is 2.23. The average Bonchev–Trinajstić information content (AvgIpc) is 3.30. The highest BCUT2D eigenvalue weighted by molar-refractivity contribution is 5.99. The summed E-state index contributed by atoms with van der Waals surface area (Å²) in [5.74, 6) is -0.297. The Kier molecular flexibility index (Phi) is 4.49. The van der Waals surface area contributed by atoms with E-state index in [9.17, 15) is 9.59 Å². The van der Waals surface area contributed by atoms with Gasteiger partial charge >= 0.3 is 0 Å². The fraction of sp³-hybridized carbons (Fsp3) is 0.333. The van der Waals surface area contributed by atoms with Crippen molar-refractivity contribution >= 4 is 5.91 Å². The van der Waals surface area contributed by atoms with Gasteiger partial charge in [0.1, 0.15) is 5.69 Å². The zero-order valence-corrected chi connectivity index (χ0v) is 14.1. The van der Waals surface area contributed by atoms with Crippen molar-refractivity contribution in [2.75, 3.05) is 6.61 Å². The molecule has 2 N–H and O–H groups in total. The van der Waals surface area contributed by atoms with Gasteiger partial charge in [-0.1, -0.05) is 6.07 Å². The number of fused-ring (bicyclic) bond motifs is 1. The molecule has 1 aromatic heterocycles. The first kappa shape index (κ1) is 16.5. The van der Waals surface area contributed by atoms with Gasteiger partial charge in [0.2, 0.25) is 0 Å². The Morgan fingerprint density at radius 3 is 3.08 bits per heavy atom. The van der Waals surface area contributed by atoms with E-state index in [-0.39, 0.29) is 17.6 Å². The third-order valence-corrected chi connectivity index (χ3v) is 4.45. The summed E-state index contributed by atoms with van der Waals surface area (Å²) >= 11 is 0. The van der Waals surface area contributed by atoms with E-state index in [1.165, 1.54) is 0 Å². The fourth-order valence-electron chi connectivity index (χ4n) is 3.15. The zero-order chi connectivity index (χ0) is 17.9. The first-order valence-electron chi connectivity index (χ1n) is 8.58. The molecule has 0 aliphatic carbocycles. The molecule has 8 nitrogen and oxygen atoms in total. The van der Waals surface area contributed by atoms with Crippen LogP contribution in [-0.4, -0.2) is 38.4 Å². The van der Waals surface area contributed by atoms with Gasteiger partial charge in [0.05, 0.1) is 29.5 Å². The molecule has 3 aliphatic heterocycles. The number of carbonyl (C=O) groups is 1. The van der Waals surface area contributed by atoms with Crippen LogP contribution in [0.25, 0.3) is 11.3 Å². The van der Waals surface area contributed by atoms with E-state index >= 15 is 0 Å². The van der Waals surface area contributed by atoms with E-state index < -0.39 is 0 Å². The number of aromatic amines is 1. The normalized spacial score (nSPS) is 16.8. The molecule has 0 aromatic carbocycles. The van der Waals surface area contributed by atoms with Crippen LogP contribution in [-0.2, 0) is 17.8 Å². The molecule has 4 rings (SSSR count). The van der Waals surface area contributed by atoms with Crippen molar-refractivity contribution in [3.8, 4) is 11.3 Å². The number of pyridine rings is 2. The molecule has 0 radical (unpaired) electrons. The monoisotopic (exact) mass is 353 g/mol. The summed E-state index contributed by atoms with van der Waals surface area (Å²) in [7, 11) is 0. The quantitative estimate of drug-likeness (QED) is 0.717. The van der Waals surface area contributed by atoms with Crippen molar-refractivity contribution in [1.29, 1.82) is 0 Å². The van der Waals surface area contributed by atoms with Crippen LogP contribution in [0.2, 0.25) is 0 Å². The zero-order valence-electron chi connectivity index (χ0n) is 14.1. The van der Waals surface area contributed by atoms with Crippen LogP contribution < -0.4 is 10.9 Å². The lowest BCUT2D eigenvalue weighted by molar-refractivity contribution is 0.0935. The molecule has 0 saturated carbocycles. The number of hydrogen-bond donors (Lipinski definition) is 2.